The van der Waals surface area contributed by atoms with Crippen LogP contribution in [0.4, 0.5) is 0 Å². The van der Waals surface area contributed by atoms with Gasteiger partial charge < -0.3 is 14.9 Å². The van der Waals surface area contributed by atoms with Crippen LogP contribution in [-0.4, -0.2) is 35.0 Å². The second-order valence-electron chi connectivity index (χ2n) is 9.53. The molecule has 4 heteroatoms. The molecule has 0 bridgehead atoms. The summed E-state index contributed by atoms with van der Waals surface area (Å²) in [5.41, 5.74) is 2.96. The second-order valence-corrected chi connectivity index (χ2v) is 9.53. The van der Waals surface area contributed by atoms with Crippen LogP contribution in [0.25, 0.3) is 6.08 Å². The van der Waals surface area contributed by atoms with E-state index in [2.05, 4.69) is 12.2 Å². The number of carbonyl (C=O) groups excluding carboxylic acids is 1. The molecule has 0 spiro atoms. The lowest BCUT2D eigenvalue weighted by Gasteiger charge is -2.25. The molecule has 4 rings (SSSR count). The summed E-state index contributed by atoms with van der Waals surface area (Å²) >= 11 is 0. The number of allylic oxidation sites excluding steroid dienone is 1. The Kier molecular flexibility index (Phi) is 7.29. The number of esters is 1. The molecule has 0 unspecified atom stereocenters. The van der Waals surface area contributed by atoms with E-state index in [1.807, 2.05) is 31.2 Å². The van der Waals surface area contributed by atoms with Crippen molar-refractivity contribution in [3.63, 3.8) is 0 Å². The Labute approximate surface area is 186 Å². The molecule has 0 saturated heterocycles. The Morgan fingerprint density at radius 1 is 1.23 bits per heavy atom. The third kappa shape index (κ3) is 5.12. The van der Waals surface area contributed by atoms with Crippen molar-refractivity contribution in [2.24, 2.45) is 23.7 Å². The van der Waals surface area contributed by atoms with Gasteiger partial charge in [-0.2, -0.15) is 0 Å². The number of ether oxygens (including phenoxy) is 1. The molecule has 168 valence electrons. The maximum atomic E-state index is 12.0. The molecule has 3 aliphatic carbocycles. The Balaban J connectivity index is 1.44. The van der Waals surface area contributed by atoms with Crippen molar-refractivity contribution in [2.75, 3.05) is 6.61 Å². The van der Waals surface area contributed by atoms with E-state index in [1.165, 1.54) is 24.8 Å². The molecule has 0 aromatic heterocycles. The lowest BCUT2D eigenvalue weighted by Crippen LogP contribution is -2.22. The zero-order chi connectivity index (χ0) is 21.8. The van der Waals surface area contributed by atoms with Crippen molar-refractivity contribution < 1.29 is 19.7 Å². The van der Waals surface area contributed by atoms with Gasteiger partial charge in [0, 0.05) is 5.92 Å². The van der Waals surface area contributed by atoms with Crippen LogP contribution < -0.4 is 0 Å². The van der Waals surface area contributed by atoms with Crippen molar-refractivity contribution in [1.29, 1.82) is 0 Å². The van der Waals surface area contributed by atoms with Gasteiger partial charge in [0.1, 0.15) is 0 Å². The molecule has 31 heavy (non-hydrogen) atoms. The Bertz CT molecular complexity index is 820. The van der Waals surface area contributed by atoms with E-state index in [0.29, 0.717) is 29.9 Å². The van der Waals surface area contributed by atoms with Crippen LogP contribution >= 0.6 is 0 Å². The first-order valence-corrected chi connectivity index (χ1v) is 12.1. The molecule has 0 radical (unpaired) electrons. The minimum atomic E-state index is -0.381. The summed E-state index contributed by atoms with van der Waals surface area (Å²) in [6.07, 6.45) is 14.4. The Morgan fingerprint density at radius 2 is 2.03 bits per heavy atom. The normalized spacial score (nSPS) is 31.3. The third-order valence-electron chi connectivity index (χ3n) is 7.61. The second kappa shape index (κ2) is 10.1. The van der Waals surface area contributed by atoms with Crippen LogP contribution in [0.3, 0.4) is 0 Å². The summed E-state index contributed by atoms with van der Waals surface area (Å²) in [6.45, 7) is 2.18. The highest BCUT2D eigenvalue weighted by Gasteiger charge is 2.45. The summed E-state index contributed by atoms with van der Waals surface area (Å²) < 4.78 is 5.12. The monoisotopic (exact) mass is 424 g/mol. The molecule has 0 heterocycles. The van der Waals surface area contributed by atoms with Crippen LogP contribution in [0, 0.1) is 23.7 Å². The SMILES string of the molecule is CCOC(=O)c1cccc(C=C2CC[C@H]3[C@@H](/C=C/[C@@H](O)C4CCCCC4)[C@H](O)C[C@@H]23)c1. The molecule has 3 fully saturated rings. The van der Waals surface area contributed by atoms with Crippen LogP contribution in [0.1, 0.15) is 74.2 Å². The average molecular weight is 425 g/mol. The van der Waals surface area contributed by atoms with Gasteiger partial charge in [-0.15, -0.1) is 0 Å². The maximum absolute atomic E-state index is 12.0. The molecule has 3 saturated carbocycles. The summed E-state index contributed by atoms with van der Waals surface area (Å²) in [7, 11) is 0. The molecule has 4 nitrogen and oxygen atoms in total. The molecule has 2 N–H and O–H groups in total. The maximum Gasteiger partial charge on any atom is 0.338 e. The summed E-state index contributed by atoms with van der Waals surface area (Å²) in [6, 6.07) is 7.59. The fourth-order valence-corrected chi connectivity index (χ4v) is 5.99. The van der Waals surface area contributed by atoms with E-state index in [-0.39, 0.29) is 24.1 Å². The van der Waals surface area contributed by atoms with Gasteiger partial charge in [0.25, 0.3) is 0 Å². The molecule has 1 aromatic rings. The summed E-state index contributed by atoms with van der Waals surface area (Å²) in [4.78, 5) is 12.0. The number of aliphatic hydroxyl groups is 2. The number of fused-ring (bicyclic) bond motifs is 1. The third-order valence-corrected chi connectivity index (χ3v) is 7.61. The number of hydrogen-bond acceptors (Lipinski definition) is 4. The number of rotatable bonds is 6. The molecular weight excluding hydrogens is 388 g/mol. The summed E-state index contributed by atoms with van der Waals surface area (Å²) in [5.74, 6) is 1.03. The standard InChI is InChI=1S/C27H36O4/c1-2-31-27(30)21-10-6-7-18(16-21)15-20-11-12-22-23(26(29)17-24(20)22)13-14-25(28)19-8-4-3-5-9-19/h6-7,10,13-16,19,22-26,28-29H,2-5,8-9,11-12,17H2,1H3/b14-13+,20-15?/t22-,23+,24-,25+,26+/m0/s1. The summed E-state index contributed by atoms with van der Waals surface area (Å²) in [5, 5.41) is 21.4. The fraction of sp³-hybridized carbons (Fsp3) is 0.593. The van der Waals surface area contributed by atoms with Crippen LogP contribution in [0.2, 0.25) is 0 Å². The van der Waals surface area contributed by atoms with E-state index < -0.39 is 0 Å². The molecule has 3 aliphatic rings. The first-order chi connectivity index (χ1) is 15.1. The van der Waals surface area contributed by atoms with Gasteiger partial charge in [0.05, 0.1) is 24.4 Å². The van der Waals surface area contributed by atoms with Crippen molar-refractivity contribution in [1.82, 2.24) is 0 Å². The van der Waals surface area contributed by atoms with E-state index in [1.54, 1.807) is 6.07 Å². The predicted octanol–water partition coefficient (Wildman–Crippen LogP) is 5.15. The first-order valence-electron chi connectivity index (χ1n) is 12.1. The number of hydrogen-bond donors (Lipinski definition) is 2. The fourth-order valence-electron chi connectivity index (χ4n) is 5.99. The zero-order valence-electron chi connectivity index (χ0n) is 18.6. The molecule has 1 aromatic carbocycles. The van der Waals surface area contributed by atoms with Gasteiger partial charge in [0.15, 0.2) is 0 Å². The van der Waals surface area contributed by atoms with Crippen molar-refractivity contribution in [2.45, 2.75) is 70.5 Å². The van der Waals surface area contributed by atoms with Gasteiger partial charge in [-0.1, -0.05) is 55.2 Å². The van der Waals surface area contributed by atoms with Gasteiger partial charge in [-0.05, 0) is 74.5 Å². The average Bonchev–Trinajstić information content (AvgIpc) is 3.31. The number of aliphatic hydroxyl groups excluding tert-OH is 2. The van der Waals surface area contributed by atoms with Crippen molar-refractivity contribution in [3.8, 4) is 0 Å². The van der Waals surface area contributed by atoms with Gasteiger partial charge >= 0.3 is 5.97 Å². The lowest BCUT2D eigenvalue weighted by molar-refractivity contribution is 0.0526. The molecule has 0 amide bonds. The minimum absolute atomic E-state index is 0.125. The Hall–Kier alpha value is -1.91. The van der Waals surface area contributed by atoms with Crippen LogP contribution in [-0.2, 0) is 4.74 Å². The van der Waals surface area contributed by atoms with E-state index in [0.717, 1.165) is 37.7 Å². The largest absolute Gasteiger partial charge is 0.462 e. The van der Waals surface area contributed by atoms with Crippen LogP contribution in [0.15, 0.2) is 42.0 Å². The highest BCUT2D eigenvalue weighted by atomic mass is 16.5. The predicted molar refractivity (Wildman–Crippen MR) is 122 cm³/mol. The highest BCUT2D eigenvalue weighted by molar-refractivity contribution is 5.90. The quantitative estimate of drug-likeness (QED) is 0.489. The number of benzene rings is 1. The van der Waals surface area contributed by atoms with Crippen molar-refractivity contribution >= 4 is 12.0 Å². The first kappa shape index (κ1) is 22.3. The van der Waals surface area contributed by atoms with E-state index >= 15 is 0 Å². The minimum Gasteiger partial charge on any atom is -0.462 e. The van der Waals surface area contributed by atoms with Crippen LogP contribution in [0.5, 0.6) is 0 Å². The number of carbonyl (C=O) groups is 1. The van der Waals surface area contributed by atoms with Gasteiger partial charge in [-0.3, -0.25) is 0 Å². The topological polar surface area (TPSA) is 66.8 Å². The van der Waals surface area contributed by atoms with Gasteiger partial charge in [-0.25, -0.2) is 4.79 Å². The van der Waals surface area contributed by atoms with Gasteiger partial charge in [0.2, 0.25) is 0 Å². The molecule has 0 aliphatic heterocycles. The van der Waals surface area contributed by atoms with E-state index in [9.17, 15) is 15.0 Å². The van der Waals surface area contributed by atoms with Crippen molar-refractivity contribution in [3.05, 3.63) is 53.1 Å². The van der Waals surface area contributed by atoms with E-state index in [4.69, 9.17) is 4.74 Å². The molecular formula is C27H36O4. The zero-order valence-corrected chi connectivity index (χ0v) is 18.6. The smallest absolute Gasteiger partial charge is 0.338 e. The molecule has 5 atom stereocenters. The Morgan fingerprint density at radius 3 is 2.81 bits per heavy atom. The highest BCUT2D eigenvalue weighted by Crippen LogP contribution is 2.51. The lowest BCUT2D eigenvalue weighted by atomic mass is 9.84.